The van der Waals surface area contributed by atoms with Crippen molar-refractivity contribution in [3.05, 3.63) is 129 Å². The lowest BCUT2D eigenvalue weighted by atomic mass is 10.3. The Hall–Kier alpha value is -4.69. The first-order valence-corrected chi connectivity index (χ1v) is 17.5. The van der Waals surface area contributed by atoms with Gasteiger partial charge in [0, 0.05) is 0 Å². The van der Waals surface area contributed by atoms with Crippen LogP contribution in [0, 0.1) is 0 Å². The first-order chi connectivity index (χ1) is 22.9. The molecule has 0 saturated heterocycles. The standard InChI is InChI=1S/C19H14N6OS2.C14H11ClN2OS/c1-11(28-18-14-16(21-9-20-14)22-10-23-18)17-24-13-7-8-27-15(13)19(26)25(17)12-5-3-2-4-6-12;1-9(15)13-16-11-7-8-19-12(11)14(18)17(13)10-5-3-2-4-6-10/h2-11H,1H3,(H,20,21,22,23);2-9H,1H3. The smallest absolute Gasteiger partial charge is 0.276 e. The predicted molar refractivity (Wildman–Crippen MR) is 191 cm³/mol. The molecule has 1 N–H and O–H groups in total. The van der Waals surface area contributed by atoms with Crippen molar-refractivity contribution in [1.82, 2.24) is 39.0 Å². The minimum absolute atomic E-state index is 0.0528. The average Bonchev–Trinajstić information content (AvgIpc) is 3.87. The van der Waals surface area contributed by atoms with E-state index in [2.05, 4.69) is 24.9 Å². The van der Waals surface area contributed by atoms with Gasteiger partial charge in [0.1, 0.15) is 37.9 Å². The summed E-state index contributed by atoms with van der Waals surface area (Å²) < 4.78 is 4.60. The number of para-hydroxylation sites is 2. The largest absolute Gasteiger partial charge is 0.341 e. The Morgan fingerprint density at radius 2 is 1.30 bits per heavy atom. The molecule has 2 aromatic carbocycles. The van der Waals surface area contributed by atoms with E-state index in [9.17, 15) is 9.59 Å². The number of nitrogens with zero attached hydrogens (tertiary/aromatic N) is 7. The van der Waals surface area contributed by atoms with E-state index >= 15 is 0 Å². The van der Waals surface area contributed by atoms with Gasteiger partial charge in [-0.25, -0.2) is 24.9 Å². The first kappa shape index (κ1) is 30.9. The second-order valence-corrected chi connectivity index (χ2v) is 14.1. The molecule has 0 bridgehead atoms. The number of hydrogen-bond acceptors (Lipinski definition) is 10. The highest BCUT2D eigenvalue weighted by molar-refractivity contribution is 7.99. The van der Waals surface area contributed by atoms with Gasteiger partial charge in [-0.2, -0.15) is 0 Å². The maximum Gasteiger partial charge on any atom is 0.276 e. The van der Waals surface area contributed by atoms with Gasteiger partial charge >= 0.3 is 0 Å². The third-order valence-electron chi connectivity index (χ3n) is 7.24. The monoisotopic (exact) mass is 696 g/mol. The molecule has 14 heteroatoms. The van der Waals surface area contributed by atoms with Crippen LogP contribution in [-0.2, 0) is 0 Å². The minimum atomic E-state index is -0.336. The third kappa shape index (κ3) is 5.98. The molecule has 0 radical (unpaired) electrons. The number of nitrogens with one attached hydrogen (secondary N) is 1. The lowest BCUT2D eigenvalue weighted by Gasteiger charge is -2.17. The molecule has 2 atom stereocenters. The van der Waals surface area contributed by atoms with Crippen LogP contribution in [0.3, 0.4) is 0 Å². The van der Waals surface area contributed by atoms with E-state index in [1.807, 2.05) is 97.4 Å². The zero-order valence-electron chi connectivity index (χ0n) is 24.9. The van der Waals surface area contributed by atoms with Crippen molar-refractivity contribution < 1.29 is 0 Å². The second kappa shape index (κ2) is 13.2. The molecule has 0 spiro atoms. The number of benzene rings is 2. The van der Waals surface area contributed by atoms with Crippen molar-refractivity contribution >= 4 is 77.6 Å². The van der Waals surface area contributed by atoms with Crippen LogP contribution in [0.1, 0.15) is 36.1 Å². The number of imidazole rings is 1. The lowest BCUT2D eigenvalue weighted by molar-refractivity contribution is 0.817. The number of aromatic nitrogens is 8. The van der Waals surface area contributed by atoms with Crippen molar-refractivity contribution in [2.75, 3.05) is 0 Å². The van der Waals surface area contributed by atoms with Gasteiger partial charge in [-0.15, -0.1) is 34.3 Å². The van der Waals surface area contributed by atoms with Gasteiger partial charge in [0.05, 0.1) is 39.4 Å². The maximum absolute atomic E-state index is 13.2. The molecule has 234 valence electrons. The molecule has 0 fully saturated rings. The normalized spacial score (nSPS) is 12.7. The number of rotatable bonds is 6. The summed E-state index contributed by atoms with van der Waals surface area (Å²) in [7, 11) is 0. The third-order valence-corrected chi connectivity index (χ3v) is 10.3. The van der Waals surface area contributed by atoms with Crippen molar-refractivity contribution in [1.29, 1.82) is 0 Å². The Bertz CT molecular complexity index is 2450. The SMILES string of the molecule is CC(Cl)c1nc2ccsc2c(=O)n1-c1ccccc1.CC(Sc1ncnc2nc[nH]c12)c1nc2ccsc2c(=O)n1-c1ccccc1. The Balaban J connectivity index is 0.000000161. The highest BCUT2D eigenvalue weighted by Crippen LogP contribution is 2.36. The molecule has 0 saturated carbocycles. The molecular formula is C33H25ClN8O2S3. The summed E-state index contributed by atoms with van der Waals surface area (Å²) in [6.45, 7) is 3.84. The van der Waals surface area contributed by atoms with Gasteiger partial charge in [0.25, 0.3) is 11.1 Å². The number of halogens is 1. The number of hydrogen-bond donors (Lipinski definition) is 1. The van der Waals surface area contributed by atoms with Crippen LogP contribution in [0.5, 0.6) is 0 Å². The number of alkyl halides is 1. The molecule has 0 aliphatic carbocycles. The molecule has 0 amide bonds. The highest BCUT2D eigenvalue weighted by atomic mass is 35.5. The van der Waals surface area contributed by atoms with Crippen molar-refractivity contribution in [3.8, 4) is 11.4 Å². The number of aromatic amines is 1. The molecule has 8 rings (SSSR count). The quantitative estimate of drug-likeness (QED) is 0.107. The molecule has 10 nitrogen and oxygen atoms in total. The Kier molecular flexibility index (Phi) is 8.69. The van der Waals surface area contributed by atoms with Crippen molar-refractivity contribution in [3.63, 3.8) is 0 Å². The fourth-order valence-corrected chi connectivity index (χ4v) is 7.74. The van der Waals surface area contributed by atoms with Crippen LogP contribution in [-0.4, -0.2) is 39.0 Å². The van der Waals surface area contributed by atoms with Crippen molar-refractivity contribution in [2.45, 2.75) is 29.5 Å². The Morgan fingerprint density at radius 1 is 0.745 bits per heavy atom. The maximum atomic E-state index is 13.2. The summed E-state index contributed by atoms with van der Waals surface area (Å²) in [6.07, 6.45) is 3.10. The number of fused-ring (bicyclic) bond motifs is 3. The Labute approximate surface area is 284 Å². The van der Waals surface area contributed by atoms with Gasteiger partial charge in [-0.1, -0.05) is 48.2 Å². The topological polar surface area (TPSA) is 124 Å². The van der Waals surface area contributed by atoms with Gasteiger partial charge in [-0.05, 0) is 61.0 Å². The van der Waals surface area contributed by atoms with E-state index < -0.39 is 0 Å². The summed E-state index contributed by atoms with van der Waals surface area (Å²) in [6, 6.07) is 22.8. The van der Waals surface area contributed by atoms with E-state index in [1.54, 1.807) is 15.5 Å². The molecule has 2 unspecified atom stereocenters. The van der Waals surface area contributed by atoms with Crippen LogP contribution in [0.15, 0.2) is 111 Å². The fourth-order valence-electron chi connectivity index (χ4n) is 5.10. The van der Waals surface area contributed by atoms with Gasteiger partial charge in [-0.3, -0.25) is 18.7 Å². The lowest BCUT2D eigenvalue weighted by Crippen LogP contribution is -2.23. The molecule has 6 aromatic heterocycles. The zero-order valence-corrected chi connectivity index (χ0v) is 28.1. The zero-order chi connectivity index (χ0) is 32.5. The number of thiophene rings is 2. The molecule has 0 aliphatic rings. The van der Waals surface area contributed by atoms with Gasteiger partial charge in [0.2, 0.25) is 0 Å². The Morgan fingerprint density at radius 3 is 1.87 bits per heavy atom. The van der Waals surface area contributed by atoms with E-state index in [4.69, 9.17) is 16.6 Å². The first-order valence-electron chi connectivity index (χ1n) is 14.5. The van der Waals surface area contributed by atoms with Crippen LogP contribution in [0.2, 0.25) is 0 Å². The average molecular weight is 697 g/mol. The van der Waals surface area contributed by atoms with Gasteiger partial charge in [0.15, 0.2) is 5.65 Å². The number of thioether (sulfide) groups is 1. The summed E-state index contributed by atoms with van der Waals surface area (Å²) in [5, 5.41) is 4.08. The summed E-state index contributed by atoms with van der Waals surface area (Å²) in [4.78, 5) is 51.0. The van der Waals surface area contributed by atoms with Crippen LogP contribution in [0.4, 0.5) is 0 Å². The van der Waals surface area contributed by atoms with Crippen LogP contribution in [0.25, 0.3) is 43.0 Å². The fraction of sp³-hybridized carbons (Fsp3) is 0.121. The summed E-state index contributed by atoms with van der Waals surface area (Å²) >= 11 is 10.5. The van der Waals surface area contributed by atoms with Crippen LogP contribution < -0.4 is 11.1 Å². The molecule has 8 aromatic rings. The minimum Gasteiger partial charge on any atom is -0.341 e. The van der Waals surface area contributed by atoms with Crippen LogP contribution >= 0.6 is 46.0 Å². The van der Waals surface area contributed by atoms with E-state index in [1.165, 1.54) is 40.8 Å². The molecular weight excluding hydrogens is 672 g/mol. The summed E-state index contributed by atoms with van der Waals surface area (Å²) in [5.74, 6) is 1.25. The van der Waals surface area contributed by atoms with E-state index in [0.29, 0.717) is 32.2 Å². The predicted octanol–water partition coefficient (Wildman–Crippen LogP) is 7.71. The molecule has 6 heterocycles. The van der Waals surface area contributed by atoms with E-state index in [0.717, 1.165) is 27.4 Å². The highest BCUT2D eigenvalue weighted by Gasteiger charge is 2.21. The van der Waals surface area contributed by atoms with Gasteiger partial charge < -0.3 is 4.98 Å². The van der Waals surface area contributed by atoms with E-state index in [-0.39, 0.29) is 21.7 Å². The van der Waals surface area contributed by atoms with Crippen molar-refractivity contribution in [2.24, 2.45) is 0 Å². The molecule has 0 aliphatic heterocycles. The second-order valence-electron chi connectivity index (χ2n) is 10.3. The molecule has 47 heavy (non-hydrogen) atoms. The number of H-pyrrole nitrogens is 1. The summed E-state index contributed by atoms with van der Waals surface area (Å²) in [5.41, 5.74) is 4.31.